The number of methoxy groups -OCH3 is 1. The summed E-state index contributed by atoms with van der Waals surface area (Å²) in [4.78, 5) is 70.6. The highest BCUT2D eigenvalue weighted by Crippen LogP contribution is 2.21. The van der Waals surface area contributed by atoms with E-state index in [-0.39, 0.29) is 23.5 Å². The van der Waals surface area contributed by atoms with E-state index < -0.39 is 18.1 Å². The first-order valence-corrected chi connectivity index (χ1v) is 19.6. The second-order valence-corrected chi connectivity index (χ2v) is 14.5. The molecule has 0 saturated carbocycles. The molecule has 0 aliphatic heterocycles. The largest absolute Gasteiger partial charge is 0.468 e. The highest BCUT2D eigenvalue weighted by Gasteiger charge is 2.21. The van der Waals surface area contributed by atoms with Crippen molar-refractivity contribution in [2.75, 3.05) is 17.7 Å². The Morgan fingerprint density at radius 2 is 1.05 bits per heavy atom. The van der Waals surface area contributed by atoms with Crippen LogP contribution in [0.3, 0.4) is 0 Å². The van der Waals surface area contributed by atoms with E-state index in [1.165, 1.54) is 14.0 Å². The molecule has 0 fully saturated rings. The number of nitrogens with two attached hydrogens (primary N) is 1. The maximum atomic E-state index is 12.9. The van der Waals surface area contributed by atoms with Crippen LogP contribution in [0.5, 0.6) is 0 Å². The molecule has 0 spiro atoms. The fourth-order valence-electron chi connectivity index (χ4n) is 6.86. The number of aromatic nitrogens is 2. The van der Waals surface area contributed by atoms with Gasteiger partial charge in [0.25, 0.3) is 17.7 Å². The average molecular weight is 815 g/mol. The van der Waals surface area contributed by atoms with E-state index in [0.29, 0.717) is 40.9 Å². The SMILES string of the molecule is CC(=O)C(Cc1ccc(NC(=O)c2ccnc3ccccc23)cc1)NC(=O)c1c(C)cccc1C.COC(=O)C(N)Cc1ccc(NC(=O)c2ccnc3ccccc23)cc1. The number of nitrogens with one attached hydrogen (secondary N) is 3. The number of para-hydroxylation sites is 2. The van der Waals surface area contributed by atoms with Crippen LogP contribution >= 0.6 is 0 Å². The van der Waals surface area contributed by atoms with Gasteiger partial charge >= 0.3 is 5.97 Å². The Hall–Kier alpha value is -7.57. The van der Waals surface area contributed by atoms with Crippen molar-refractivity contribution in [2.45, 2.75) is 45.7 Å². The van der Waals surface area contributed by atoms with E-state index in [0.717, 1.165) is 44.1 Å². The number of amides is 3. The predicted molar refractivity (Wildman–Crippen MR) is 238 cm³/mol. The first-order valence-electron chi connectivity index (χ1n) is 19.6. The standard InChI is InChI=1S/C29H27N3O3.C20H19N3O3/c1-18-7-6-8-19(2)27(18)29(35)32-26(20(3)33)17-21-11-13-22(14-12-21)31-28(34)24-15-16-30-25-10-5-4-9-23(24)25;1-26-20(25)17(21)12-13-6-8-14(9-7-13)23-19(24)16-10-11-22-18-5-3-2-4-15(16)18/h4-16,26H,17H2,1-3H3,(H,31,34)(H,32,35);2-11,17H,12,21H2,1H3,(H,23,24). The van der Waals surface area contributed by atoms with Crippen LogP contribution in [0.4, 0.5) is 11.4 Å². The number of carbonyl (C=O) groups is 5. The first kappa shape index (κ1) is 43.0. The maximum absolute atomic E-state index is 12.9. The minimum absolute atomic E-state index is 0.119. The Bertz CT molecular complexity index is 2690. The highest BCUT2D eigenvalue weighted by atomic mass is 16.5. The molecular weight excluding hydrogens is 769 g/mol. The smallest absolute Gasteiger partial charge is 0.322 e. The fraction of sp³-hybridized carbons (Fsp3) is 0.163. The van der Waals surface area contributed by atoms with Crippen LogP contribution in [0.15, 0.2) is 140 Å². The number of pyridine rings is 2. The zero-order valence-corrected chi connectivity index (χ0v) is 34.3. The molecule has 3 amide bonds. The van der Waals surface area contributed by atoms with Crippen LogP contribution in [-0.4, -0.2) is 58.6 Å². The number of esters is 1. The summed E-state index contributed by atoms with van der Waals surface area (Å²) < 4.78 is 4.62. The molecule has 12 nitrogen and oxygen atoms in total. The van der Waals surface area contributed by atoms with Crippen molar-refractivity contribution in [1.82, 2.24) is 15.3 Å². The number of fused-ring (bicyclic) bond motifs is 2. The molecule has 5 N–H and O–H groups in total. The van der Waals surface area contributed by atoms with Crippen molar-refractivity contribution in [3.63, 3.8) is 0 Å². The fourth-order valence-corrected chi connectivity index (χ4v) is 6.86. The van der Waals surface area contributed by atoms with Crippen molar-refractivity contribution in [1.29, 1.82) is 0 Å². The Kier molecular flexibility index (Phi) is 14.1. The second-order valence-electron chi connectivity index (χ2n) is 14.5. The summed E-state index contributed by atoms with van der Waals surface area (Å²) in [5, 5.41) is 10.3. The Morgan fingerprint density at radius 3 is 1.51 bits per heavy atom. The normalized spacial score (nSPS) is 11.7. The summed E-state index contributed by atoms with van der Waals surface area (Å²) in [6, 6.07) is 37.2. The summed E-state index contributed by atoms with van der Waals surface area (Å²) in [7, 11) is 1.31. The van der Waals surface area contributed by atoms with Gasteiger partial charge in [0.1, 0.15) is 6.04 Å². The summed E-state index contributed by atoms with van der Waals surface area (Å²) in [5.41, 5.74) is 13.8. The third-order valence-electron chi connectivity index (χ3n) is 10.1. The number of hydrogen-bond donors (Lipinski definition) is 4. The van der Waals surface area contributed by atoms with Crippen LogP contribution < -0.4 is 21.7 Å². The zero-order chi connectivity index (χ0) is 43.5. The molecule has 7 rings (SSSR count). The Morgan fingerprint density at radius 1 is 0.590 bits per heavy atom. The van der Waals surface area contributed by atoms with E-state index in [4.69, 9.17) is 5.73 Å². The molecule has 61 heavy (non-hydrogen) atoms. The molecule has 0 bridgehead atoms. The number of nitrogens with zero attached hydrogens (tertiary/aromatic N) is 2. The van der Waals surface area contributed by atoms with Crippen molar-refractivity contribution >= 4 is 62.7 Å². The quantitative estimate of drug-likeness (QED) is 0.0905. The van der Waals surface area contributed by atoms with E-state index in [1.54, 1.807) is 48.8 Å². The summed E-state index contributed by atoms with van der Waals surface area (Å²) in [6.07, 6.45) is 3.97. The van der Waals surface area contributed by atoms with E-state index >= 15 is 0 Å². The van der Waals surface area contributed by atoms with Gasteiger partial charge in [-0.3, -0.25) is 33.9 Å². The van der Waals surface area contributed by atoms with Gasteiger partial charge in [-0.1, -0.05) is 78.9 Å². The molecule has 2 heterocycles. The van der Waals surface area contributed by atoms with Crippen molar-refractivity contribution < 1.29 is 28.7 Å². The lowest BCUT2D eigenvalue weighted by atomic mass is 9.99. The molecule has 0 saturated heterocycles. The number of hydrogen-bond acceptors (Lipinski definition) is 9. The van der Waals surface area contributed by atoms with E-state index in [2.05, 4.69) is 30.7 Å². The highest BCUT2D eigenvalue weighted by molar-refractivity contribution is 6.13. The average Bonchev–Trinajstić information content (AvgIpc) is 3.26. The number of Topliss-reactive ketones (excluding diaryl/α,β-unsaturated/α-hetero) is 1. The van der Waals surface area contributed by atoms with E-state index in [1.807, 2.05) is 105 Å². The summed E-state index contributed by atoms with van der Waals surface area (Å²) in [6.45, 7) is 5.24. The third-order valence-corrected chi connectivity index (χ3v) is 10.1. The maximum Gasteiger partial charge on any atom is 0.322 e. The molecule has 308 valence electrons. The lowest BCUT2D eigenvalue weighted by Gasteiger charge is -2.18. The minimum atomic E-state index is -0.705. The topological polar surface area (TPSA) is 182 Å². The van der Waals surface area contributed by atoms with Crippen molar-refractivity contribution in [2.24, 2.45) is 5.73 Å². The van der Waals surface area contributed by atoms with Gasteiger partial charge in [0.05, 0.1) is 35.3 Å². The van der Waals surface area contributed by atoms with Gasteiger partial charge in [-0.15, -0.1) is 0 Å². The number of rotatable bonds is 12. The predicted octanol–water partition coefficient (Wildman–Crippen LogP) is 7.56. The molecule has 2 atom stereocenters. The molecule has 0 aliphatic carbocycles. The molecule has 2 unspecified atom stereocenters. The van der Waals surface area contributed by atoms with Crippen LogP contribution in [-0.2, 0) is 27.2 Å². The molecule has 7 aromatic rings. The van der Waals surface area contributed by atoms with Crippen LogP contribution in [0.1, 0.15) is 60.3 Å². The van der Waals surface area contributed by atoms with Gasteiger partial charge in [0.15, 0.2) is 5.78 Å². The van der Waals surface area contributed by atoms with Crippen molar-refractivity contribution in [3.8, 4) is 0 Å². The molecule has 2 aromatic heterocycles. The van der Waals surface area contributed by atoms with Gasteiger partial charge in [-0.2, -0.15) is 0 Å². The van der Waals surface area contributed by atoms with Crippen LogP contribution in [0, 0.1) is 13.8 Å². The number of aryl methyl sites for hydroxylation is 2. The number of ether oxygens (including phenoxy) is 1. The van der Waals surface area contributed by atoms with Gasteiger partial charge in [0.2, 0.25) is 0 Å². The van der Waals surface area contributed by atoms with Gasteiger partial charge in [-0.25, -0.2) is 0 Å². The summed E-state index contributed by atoms with van der Waals surface area (Å²) >= 11 is 0. The zero-order valence-electron chi connectivity index (χ0n) is 34.3. The minimum Gasteiger partial charge on any atom is -0.468 e. The molecule has 0 radical (unpaired) electrons. The molecule has 12 heteroatoms. The lowest BCUT2D eigenvalue weighted by Crippen LogP contribution is -2.41. The summed E-state index contributed by atoms with van der Waals surface area (Å²) in [5.74, 6) is -1.26. The number of carbonyl (C=O) groups excluding carboxylic acids is 5. The van der Waals surface area contributed by atoms with Gasteiger partial charge in [0, 0.05) is 40.1 Å². The molecular formula is C49H46N6O6. The number of benzene rings is 5. The third kappa shape index (κ3) is 10.9. The lowest BCUT2D eigenvalue weighted by molar-refractivity contribution is -0.142. The monoisotopic (exact) mass is 814 g/mol. The Balaban J connectivity index is 0.000000213. The second kappa shape index (κ2) is 19.9. The molecule has 5 aromatic carbocycles. The first-order chi connectivity index (χ1) is 29.4. The number of ketones is 1. The van der Waals surface area contributed by atoms with Crippen LogP contribution in [0.25, 0.3) is 21.8 Å². The van der Waals surface area contributed by atoms with Crippen LogP contribution in [0.2, 0.25) is 0 Å². The Labute approximate surface area is 353 Å². The number of anilines is 2. The molecule has 0 aliphatic rings. The van der Waals surface area contributed by atoms with Crippen molar-refractivity contribution in [3.05, 3.63) is 179 Å². The van der Waals surface area contributed by atoms with Gasteiger partial charge in [-0.05, 0) is 104 Å². The van der Waals surface area contributed by atoms with Gasteiger partial charge < -0.3 is 26.4 Å². The van der Waals surface area contributed by atoms with E-state index in [9.17, 15) is 24.0 Å².